The van der Waals surface area contributed by atoms with Crippen molar-refractivity contribution in [1.82, 2.24) is 4.98 Å². The maximum Gasteiger partial charge on any atom is 0.291 e. The second kappa shape index (κ2) is 9.40. The molecule has 28 heavy (non-hydrogen) atoms. The molecule has 1 aromatic heterocycles. The van der Waals surface area contributed by atoms with E-state index < -0.39 is 22.3 Å². The number of carbonyl (C=O) groups excluding carboxylic acids is 1. The number of hydrogen-bond donors (Lipinski definition) is 2. The fourth-order valence-corrected chi connectivity index (χ4v) is 2.34. The number of aromatic hydroxyl groups is 1. The number of carbonyl (C=O) groups is 1. The van der Waals surface area contributed by atoms with Crippen LogP contribution in [0.1, 0.15) is 31.1 Å². The van der Waals surface area contributed by atoms with Gasteiger partial charge in [-0.3, -0.25) is 14.9 Å². The minimum absolute atomic E-state index is 0.176. The Hall–Kier alpha value is -3.56. The van der Waals surface area contributed by atoms with Gasteiger partial charge in [-0.05, 0) is 32.9 Å². The van der Waals surface area contributed by atoms with Gasteiger partial charge in [-0.1, -0.05) is 0 Å². The lowest BCUT2D eigenvalue weighted by Gasteiger charge is -2.17. The first-order valence-corrected chi connectivity index (χ1v) is 8.62. The monoisotopic (exact) mass is 391 g/mol. The van der Waals surface area contributed by atoms with Crippen molar-refractivity contribution in [2.75, 3.05) is 25.1 Å². The van der Waals surface area contributed by atoms with Crippen LogP contribution in [0.15, 0.2) is 24.4 Å². The average molecular weight is 391 g/mol. The van der Waals surface area contributed by atoms with Crippen LogP contribution in [0.2, 0.25) is 0 Å². The van der Waals surface area contributed by atoms with E-state index in [-0.39, 0.29) is 11.4 Å². The topological polar surface area (TPSA) is 133 Å². The van der Waals surface area contributed by atoms with Gasteiger partial charge < -0.3 is 24.6 Å². The van der Waals surface area contributed by atoms with Crippen molar-refractivity contribution in [1.29, 1.82) is 0 Å². The van der Waals surface area contributed by atoms with Crippen LogP contribution in [0, 0.1) is 10.1 Å². The molecule has 0 aliphatic rings. The van der Waals surface area contributed by atoms with Crippen LogP contribution in [0.3, 0.4) is 0 Å². The molecule has 2 rings (SSSR count). The zero-order valence-corrected chi connectivity index (χ0v) is 15.7. The zero-order chi connectivity index (χ0) is 20.7. The molecule has 10 heteroatoms. The smallest absolute Gasteiger partial charge is 0.291 e. The third kappa shape index (κ3) is 4.78. The number of aromatic nitrogens is 1. The second-order valence-electron chi connectivity index (χ2n) is 5.37. The number of pyridine rings is 1. The summed E-state index contributed by atoms with van der Waals surface area (Å²) in [6.07, 6.45) is 0.935. The van der Waals surface area contributed by atoms with E-state index in [9.17, 15) is 20.0 Å². The van der Waals surface area contributed by atoms with Crippen LogP contribution in [0.4, 0.5) is 11.5 Å². The highest BCUT2D eigenvalue weighted by atomic mass is 16.6. The number of nitrogens with one attached hydrogen (secondary N) is 1. The molecule has 1 amide bonds. The van der Waals surface area contributed by atoms with Crippen molar-refractivity contribution in [2.24, 2.45) is 0 Å². The summed E-state index contributed by atoms with van der Waals surface area (Å²) < 4.78 is 16.7. The van der Waals surface area contributed by atoms with Crippen LogP contribution in [-0.4, -0.2) is 40.7 Å². The zero-order valence-electron chi connectivity index (χ0n) is 15.7. The Balaban J connectivity index is 2.37. The van der Waals surface area contributed by atoms with Crippen LogP contribution in [0.25, 0.3) is 0 Å². The molecule has 0 atom stereocenters. The van der Waals surface area contributed by atoms with Gasteiger partial charge in [-0.15, -0.1) is 0 Å². The Morgan fingerprint density at radius 3 is 2.14 bits per heavy atom. The predicted molar refractivity (Wildman–Crippen MR) is 100 cm³/mol. The Morgan fingerprint density at radius 1 is 1.11 bits per heavy atom. The predicted octanol–water partition coefficient (Wildman–Crippen LogP) is 3.14. The second-order valence-corrected chi connectivity index (χ2v) is 5.37. The molecule has 1 heterocycles. The first-order chi connectivity index (χ1) is 13.4. The minimum atomic E-state index is -0.701. The molecule has 0 spiro atoms. The first-order valence-electron chi connectivity index (χ1n) is 8.62. The molecule has 150 valence electrons. The Morgan fingerprint density at radius 2 is 1.68 bits per heavy atom. The molecule has 0 unspecified atom stereocenters. The van der Waals surface area contributed by atoms with Gasteiger partial charge in [0, 0.05) is 5.56 Å². The highest BCUT2D eigenvalue weighted by Gasteiger charge is 2.20. The largest absolute Gasteiger partial charge is 0.504 e. The number of rotatable bonds is 9. The summed E-state index contributed by atoms with van der Waals surface area (Å²) in [6.45, 7) is 6.48. The molecule has 0 radical (unpaired) electrons. The molecule has 2 aromatic rings. The lowest BCUT2D eigenvalue weighted by atomic mass is 10.1. The molecule has 10 nitrogen and oxygen atoms in total. The van der Waals surface area contributed by atoms with Gasteiger partial charge in [0.15, 0.2) is 23.1 Å². The normalized spacial score (nSPS) is 10.2. The molecule has 0 aliphatic carbocycles. The third-order valence-corrected chi connectivity index (χ3v) is 3.47. The van der Waals surface area contributed by atoms with Crippen molar-refractivity contribution in [2.45, 2.75) is 20.8 Å². The van der Waals surface area contributed by atoms with E-state index in [0.29, 0.717) is 37.1 Å². The summed E-state index contributed by atoms with van der Waals surface area (Å²) in [7, 11) is 0. The molecule has 1 aromatic carbocycles. The lowest BCUT2D eigenvalue weighted by Crippen LogP contribution is -2.14. The molecule has 0 saturated carbocycles. The fourth-order valence-electron chi connectivity index (χ4n) is 2.34. The summed E-state index contributed by atoms with van der Waals surface area (Å²) in [6, 6.07) is 3.86. The summed E-state index contributed by atoms with van der Waals surface area (Å²) in [4.78, 5) is 26.4. The van der Waals surface area contributed by atoms with Crippen LogP contribution in [-0.2, 0) is 0 Å². The fraction of sp³-hybridized carbons (Fsp3) is 0.333. The Kier molecular flexibility index (Phi) is 6.96. The molecule has 0 fully saturated rings. The molecule has 0 aliphatic heterocycles. The summed E-state index contributed by atoms with van der Waals surface area (Å²) >= 11 is 0. The van der Waals surface area contributed by atoms with Crippen LogP contribution >= 0.6 is 0 Å². The Bertz CT molecular complexity index is 843. The number of amides is 1. The number of nitro groups is 1. The number of nitrogens with zero attached hydrogens (tertiary/aromatic N) is 2. The first kappa shape index (κ1) is 20.7. The van der Waals surface area contributed by atoms with Crippen molar-refractivity contribution < 1.29 is 29.0 Å². The van der Waals surface area contributed by atoms with Gasteiger partial charge in [-0.25, -0.2) is 4.98 Å². The standard InChI is InChI=1S/C18H21N3O7/c1-4-26-14-7-11(8-15(27-5-2)16(14)28-6-3)18(23)20-17-13(22)9-12(10-19-17)21(24)25/h7-10,22H,4-6H2,1-3H3,(H,19,20,23). The van der Waals surface area contributed by atoms with E-state index in [1.165, 1.54) is 12.1 Å². The Labute approximate surface area is 161 Å². The van der Waals surface area contributed by atoms with Crippen molar-refractivity contribution in [3.8, 4) is 23.0 Å². The summed E-state index contributed by atoms with van der Waals surface area (Å²) in [5.41, 5.74) is -0.219. The van der Waals surface area contributed by atoms with Crippen LogP contribution < -0.4 is 19.5 Å². The van der Waals surface area contributed by atoms with Crippen molar-refractivity contribution in [3.63, 3.8) is 0 Å². The van der Waals surface area contributed by atoms with Crippen molar-refractivity contribution in [3.05, 3.63) is 40.1 Å². The van der Waals surface area contributed by atoms with E-state index in [1.54, 1.807) is 13.8 Å². The van der Waals surface area contributed by atoms with Gasteiger partial charge in [-0.2, -0.15) is 0 Å². The highest BCUT2D eigenvalue weighted by molar-refractivity contribution is 6.05. The maximum absolute atomic E-state index is 12.6. The van der Waals surface area contributed by atoms with Crippen molar-refractivity contribution >= 4 is 17.4 Å². The average Bonchev–Trinajstić information content (AvgIpc) is 2.65. The highest BCUT2D eigenvalue weighted by Crippen LogP contribution is 2.39. The quantitative estimate of drug-likeness (QED) is 0.492. The van der Waals surface area contributed by atoms with Gasteiger partial charge in [0.2, 0.25) is 5.75 Å². The SMILES string of the molecule is CCOc1cc(C(=O)Nc2ncc([N+](=O)[O-])cc2O)cc(OCC)c1OCC. The minimum Gasteiger partial charge on any atom is -0.504 e. The van der Waals surface area contributed by atoms with E-state index in [1.807, 2.05) is 6.92 Å². The number of benzene rings is 1. The van der Waals surface area contributed by atoms with Gasteiger partial charge >= 0.3 is 0 Å². The number of hydrogen-bond acceptors (Lipinski definition) is 8. The maximum atomic E-state index is 12.6. The van der Waals surface area contributed by atoms with E-state index in [4.69, 9.17) is 14.2 Å². The van der Waals surface area contributed by atoms with E-state index in [2.05, 4.69) is 10.3 Å². The van der Waals surface area contributed by atoms with E-state index >= 15 is 0 Å². The molecular formula is C18H21N3O7. The molecule has 0 saturated heterocycles. The molecule has 2 N–H and O–H groups in total. The number of ether oxygens (including phenoxy) is 3. The molecule has 0 bridgehead atoms. The van der Waals surface area contributed by atoms with Gasteiger partial charge in [0.25, 0.3) is 11.6 Å². The summed E-state index contributed by atoms with van der Waals surface area (Å²) in [5, 5.41) is 23.0. The van der Waals surface area contributed by atoms with Crippen LogP contribution in [0.5, 0.6) is 23.0 Å². The lowest BCUT2D eigenvalue weighted by molar-refractivity contribution is -0.385. The third-order valence-electron chi connectivity index (χ3n) is 3.47. The van der Waals surface area contributed by atoms with E-state index in [0.717, 1.165) is 12.3 Å². The van der Waals surface area contributed by atoms with Gasteiger partial charge in [0.05, 0.1) is 30.8 Å². The summed E-state index contributed by atoms with van der Waals surface area (Å²) in [5.74, 6) is -0.285. The van der Waals surface area contributed by atoms with Gasteiger partial charge in [0.1, 0.15) is 6.20 Å². The number of anilines is 1. The molecular weight excluding hydrogens is 370 g/mol.